The summed E-state index contributed by atoms with van der Waals surface area (Å²) in [5, 5.41) is 0. The van der Waals surface area contributed by atoms with Gasteiger partial charge in [-0.2, -0.15) is 4.39 Å². The smallest absolute Gasteiger partial charge is 0.201 e. The van der Waals surface area contributed by atoms with Gasteiger partial charge in [-0.3, -0.25) is 0 Å². The van der Waals surface area contributed by atoms with Crippen LogP contribution >= 0.6 is 0 Å². The van der Waals surface area contributed by atoms with E-state index in [0.717, 1.165) is 32.1 Å². The highest BCUT2D eigenvalue weighted by molar-refractivity contribution is 5.65. The zero-order valence-electron chi connectivity index (χ0n) is 15.4. The minimum absolute atomic E-state index is 0.00238. The fourth-order valence-corrected chi connectivity index (χ4v) is 3.60. The molecule has 0 heterocycles. The molecule has 0 amide bonds. The van der Waals surface area contributed by atoms with Crippen molar-refractivity contribution in [2.75, 3.05) is 6.61 Å². The van der Waals surface area contributed by atoms with E-state index in [-0.39, 0.29) is 11.3 Å². The molecule has 1 radical (unpaired) electrons. The maximum atomic E-state index is 14.5. The van der Waals surface area contributed by atoms with E-state index in [2.05, 4.69) is 25.5 Å². The topological polar surface area (TPSA) is 9.23 Å². The van der Waals surface area contributed by atoms with Crippen molar-refractivity contribution in [3.63, 3.8) is 0 Å². The molecule has 1 nitrogen and oxygen atoms in total. The molecule has 3 rings (SSSR count). The lowest BCUT2D eigenvalue weighted by molar-refractivity contribution is 0.286. The Balaban J connectivity index is 1.73. The molecule has 2 aromatic carbocycles. The van der Waals surface area contributed by atoms with E-state index >= 15 is 0 Å². The lowest BCUT2D eigenvalue weighted by atomic mass is 9.83. The van der Waals surface area contributed by atoms with E-state index < -0.39 is 11.6 Å². The van der Waals surface area contributed by atoms with Crippen LogP contribution in [-0.4, -0.2) is 6.61 Å². The SMILES string of the molecule is CCCCCOc1ccc(-c2ccc(C3CC[CH]CC3)cc2)c(F)c1F. The van der Waals surface area contributed by atoms with Gasteiger partial charge < -0.3 is 4.74 Å². The van der Waals surface area contributed by atoms with E-state index in [1.165, 1.54) is 24.5 Å². The first-order valence-electron chi connectivity index (χ1n) is 9.73. The van der Waals surface area contributed by atoms with Crippen LogP contribution in [0.15, 0.2) is 36.4 Å². The summed E-state index contributed by atoms with van der Waals surface area (Å²) in [6.45, 7) is 2.50. The first-order valence-corrected chi connectivity index (χ1v) is 9.73. The lowest BCUT2D eigenvalue weighted by Gasteiger charge is -2.22. The van der Waals surface area contributed by atoms with Crippen molar-refractivity contribution in [3.8, 4) is 16.9 Å². The Morgan fingerprint density at radius 2 is 1.65 bits per heavy atom. The lowest BCUT2D eigenvalue weighted by Crippen LogP contribution is -2.04. The van der Waals surface area contributed by atoms with Crippen molar-refractivity contribution < 1.29 is 13.5 Å². The van der Waals surface area contributed by atoms with Crippen LogP contribution in [0, 0.1) is 18.1 Å². The molecule has 1 saturated carbocycles. The fraction of sp³-hybridized carbons (Fsp3) is 0.435. The van der Waals surface area contributed by atoms with Gasteiger partial charge in [-0.05, 0) is 67.7 Å². The van der Waals surface area contributed by atoms with Gasteiger partial charge in [0.1, 0.15) is 0 Å². The average molecular weight is 357 g/mol. The van der Waals surface area contributed by atoms with E-state index in [0.29, 0.717) is 18.1 Å². The predicted octanol–water partition coefficient (Wildman–Crippen LogP) is 7.06. The third-order valence-corrected chi connectivity index (χ3v) is 5.18. The van der Waals surface area contributed by atoms with Crippen LogP contribution in [-0.2, 0) is 0 Å². The van der Waals surface area contributed by atoms with Crippen molar-refractivity contribution in [3.05, 3.63) is 60.0 Å². The third kappa shape index (κ3) is 4.44. The summed E-state index contributed by atoms with van der Waals surface area (Å²) in [5.41, 5.74) is 2.27. The molecular weight excluding hydrogens is 330 g/mol. The molecule has 1 aliphatic rings. The Morgan fingerprint density at radius 3 is 2.35 bits per heavy atom. The minimum Gasteiger partial charge on any atom is -0.490 e. The summed E-state index contributed by atoms with van der Waals surface area (Å²) in [5.74, 6) is -1.16. The average Bonchev–Trinajstić information content (AvgIpc) is 2.69. The molecular formula is C23H27F2O. The third-order valence-electron chi connectivity index (χ3n) is 5.18. The molecule has 139 valence electrons. The second kappa shape index (κ2) is 9.16. The van der Waals surface area contributed by atoms with Gasteiger partial charge in [-0.15, -0.1) is 0 Å². The number of hydrogen-bond acceptors (Lipinski definition) is 1. The standard InChI is InChI=1S/C23H27F2O/c1-2-3-7-16-26-21-15-14-20(22(24)23(21)25)19-12-10-18(11-13-19)17-8-5-4-6-9-17/h4,10-15,17H,2-3,5-9,16H2,1H3. The molecule has 0 aromatic heterocycles. The van der Waals surface area contributed by atoms with Gasteiger partial charge in [-0.1, -0.05) is 44.0 Å². The highest BCUT2D eigenvalue weighted by Crippen LogP contribution is 2.34. The Bertz CT molecular complexity index is 703. The number of halogens is 2. The van der Waals surface area contributed by atoms with Crippen molar-refractivity contribution in [2.24, 2.45) is 0 Å². The van der Waals surface area contributed by atoms with Crippen LogP contribution in [0.2, 0.25) is 0 Å². The van der Waals surface area contributed by atoms with E-state index in [1.54, 1.807) is 6.07 Å². The van der Waals surface area contributed by atoms with Gasteiger partial charge in [-0.25, -0.2) is 4.39 Å². The quantitative estimate of drug-likeness (QED) is 0.482. The molecule has 0 aliphatic heterocycles. The number of unbranched alkanes of at least 4 members (excludes halogenated alkanes) is 2. The number of benzene rings is 2. The predicted molar refractivity (Wildman–Crippen MR) is 102 cm³/mol. The monoisotopic (exact) mass is 357 g/mol. The summed E-state index contributed by atoms with van der Waals surface area (Å²) < 4.78 is 34.2. The number of hydrogen-bond donors (Lipinski definition) is 0. The van der Waals surface area contributed by atoms with Gasteiger partial charge >= 0.3 is 0 Å². The minimum atomic E-state index is -0.897. The molecule has 0 spiro atoms. The normalized spacial score (nSPS) is 15.2. The summed E-state index contributed by atoms with van der Waals surface area (Å²) in [6, 6.07) is 11.0. The zero-order chi connectivity index (χ0) is 18.4. The van der Waals surface area contributed by atoms with Crippen LogP contribution in [0.1, 0.15) is 63.4 Å². The number of rotatable bonds is 7. The molecule has 0 bridgehead atoms. The van der Waals surface area contributed by atoms with Gasteiger partial charge in [0.25, 0.3) is 0 Å². The van der Waals surface area contributed by atoms with E-state index in [1.807, 2.05) is 12.1 Å². The summed E-state index contributed by atoms with van der Waals surface area (Å²) >= 11 is 0. The summed E-state index contributed by atoms with van der Waals surface area (Å²) in [6.07, 6.45) is 9.94. The van der Waals surface area contributed by atoms with Crippen molar-refractivity contribution >= 4 is 0 Å². The van der Waals surface area contributed by atoms with Crippen molar-refractivity contribution in [1.82, 2.24) is 0 Å². The van der Waals surface area contributed by atoms with Crippen LogP contribution in [0.25, 0.3) is 11.1 Å². The number of ether oxygens (including phenoxy) is 1. The van der Waals surface area contributed by atoms with Gasteiger partial charge in [0.15, 0.2) is 11.6 Å². The molecule has 0 saturated heterocycles. The summed E-state index contributed by atoms with van der Waals surface area (Å²) in [7, 11) is 0. The molecule has 1 fully saturated rings. The highest BCUT2D eigenvalue weighted by atomic mass is 19.2. The van der Waals surface area contributed by atoms with Gasteiger partial charge in [0.2, 0.25) is 5.82 Å². The van der Waals surface area contributed by atoms with Crippen LogP contribution < -0.4 is 4.74 Å². The molecule has 3 heteroatoms. The van der Waals surface area contributed by atoms with Crippen LogP contribution in [0.5, 0.6) is 5.75 Å². The van der Waals surface area contributed by atoms with Crippen LogP contribution in [0.4, 0.5) is 8.78 Å². The summed E-state index contributed by atoms with van der Waals surface area (Å²) in [4.78, 5) is 0. The molecule has 0 atom stereocenters. The zero-order valence-corrected chi connectivity index (χ0v) is 15.4. The highest BCUT2D eigenvalue weighted by Gasteiger charge is 2.18. The second-order valence-electron chi connectivity index (χ2n) is 7.06. The van der Waals surface area contributed by atoms with Crippen molar-refractivity contribution in [2.45, 2.75) is 57.8 Å². The molecule has 2 aromatic rings. The molecule has 0 unspecified atom stereocenters. The van der Waals surface area contributed by atoms with Crippen molar-refractivity contribution in [1.29, 1.82) is 0 Å². The maximum Gasteiger partial charge on any atom is 0.201 e. The largest absolute Gasteiger partial charge is 0.490 e. The molecule has 26 heavy (non-hydrogen) atoms. The first kappa shape index (κ1) is 18.9. The molecule has 0 N–H and O–H groups in total. The Kier molecular flexibility index (Phi) is 6.65. The fourth-order valence-electron chi connectivity index (χ4n) is 3.60. The van der Waals surface area contributed by atoms with Gasteiger partial charge in [0, 0.05) is 5.56 Å². The van der Waals surface area contributed by atoms with Gasteiger partial charge in [0.05, 0.1) is 6.61 Å². The Hall–Kier alpha value is -1.90. The molecule has 1 aliphatic carbocycles. The Morgan fingerprint density at radius 1 is 0.923 bits per heavy atom. The van der Waals surface area contributed by atoms with E-state index in [9.17, 15) is 8.78 Å². The Labute approximate surface area is 155 Å². The van der Waals surface area contributed by atoms with E-state index in [4.69, 9.17) is 4.74 Å². The maximum absolute atomic E-state index is 14.5. The van der Waals surface area contributed by atoms with Crippen LogP contribution in [0.3, 0.4) is 0 Å². The first-order chi connectivity index (χ1) is 12.7. The second-order valence-corrected chi connectivity index (χ2v) is 7.06.